The Kier molecular flexibility index (Phi) is 7.42. The van der Waals surface area contributed by atoms with Crippen molar-refractivity contribution in [3.8, 4) is 0 Å². The molecule has 0 radical (unpaired) electrons. The van der Waals surface area contributed by atoms with Crippen molar-refractivity contribution in [2.45, 2.75) is 20.3 Å². The van der Waals surface area contributed by atoms with E-state index in [0.29, 0.717) is 0 Å². The number of para-hydroxylation sites is 4. The predicted molar refractivity (Wildman–Crippen MR) is 158 cm³/mol. The summed E-state index contributed by atoms with van der Waals surface area (Å²) in [6.07, 6.45) is 2.89. The van der Waals surface area contributed by atoms with Crippen LogP contribution in [0.25, 0.3) is 0 Å². The molecule has 0 aliphatic heterocycles. The highest BCUT2D eigenvalue weighted by Gasteiger charge is 2.17. The van der Waals surface area contributed by atoms with E-state index in [9.17, 15) is 0 Å². The first-order valence-corrected chi connectivity index (χ1v) is 12.7. The largest absolute Gasteiger partial charge is 0.310 e. The van der Waals surface area contributed by atoms with Crippen LogP contribution in [0.1, 0.15) is 23.6 Å². The van der Waals surface area contributed by atoms with Crippen LogP contribution in [0.2, 0.25) is 0 Å². The van der Waals surface area contributed by atoms with Gasteiger partial charge in [-0.2, -0.15) is 5.10 Å². The summed E-state index contributed by atoms with van der Waals surface area (Å²) in [6, 6.07) is 46.2. The van der Waals surface area contributed by atoms with E-state index in [1.54, 1.807) is 0 Å². The van der Waals surface area contributed by atoms with Gasteiger partial charge in [-0.3, -0.25) is 0 Å². The van der Waals surface area contributed by atoms with Gasteiger partial charge in [-0.25, -0.2) is 5.01 Å². The van der Waals surface area contributed by atoms with Crippen LogP contribution in [0.15, 0.2) is 139 Å². The molecule has 3 heteroatoms. The van der Waals surface area contributed by atoms with E-state index < -0.39 is 0 Å². The van der Waals surface area contributed by atoms with Gasteiger partial charge in [0.05, 0.1) is 23.3 Å². The van der Waals surface area contributed by atoms with Gasteiger partial charge >= 0.3 is 0 Å². The van der Waals surface area contributed by atoms with Gasteiger partial charge in [-0.1, -0.05) is 91.9 Å². The molecule has 0 heterocycles. The lowest BCUT2D eigenvalue weighted by Gasteiger charge is -2.29. The van der Waals surface area contributed by atoms with E-state index in [1.165, 1.54) is 16.8 Å². The number of rotatable bonds is 8. The Balaban J connectivity index is 1.50. The molecule has 0 N–H and O–H groups in total. The second kappa shape index (κ2) is 11.4. The maximum atomic E-state index is 4.86. The van der Waals surface area contributed by atoms with E-state index in [1.807, 2.05) is 47.6 Å². The summed E-state index contributed by atoms with van der Waals surface area (Å²) < 4.78 is 0. The number of hydrogen-bond acceptors (Lipinski definition) is 3. The summed E-state index contributed by atoms with van der Waals surface area (Å²) >= 11 is 0. The molecule has 0 aliphatic carbocycles. The second-order valence-corrected chi connectivity index (χ2v) is 8.93. The summed E-state index contributed by atoms with van der Waals surface area (Å²) in [4.78, 5) is 2.36. The normalized spacial score (nSPS) is 11.0. The van der Waals surface area contributed by atoms with Crippen molar-refractivity contribution in [2.24, 2.45) is 5.10 Å². The molecule has 0 amide bonds. The lowest BCUT2D eigenvalue weighted by molar-refractivity contribution is 1.09. The molecule has 0 atom stereocenters. The molecule has 3 nitrogen and oxygen atoms in total. The van der Waals surface area contributed by atoms with Crippen molar-refractivity contribution in [2.75, 3.05) is 9.91 Å². The molecule has 0 bridgehead atoms. The molecule has 0 saturated carbocycles. The average Bonchev–Trinajstić information content (AvgIpc) is 2.96. The first-order chi connectivity index (χ1) is 18.2. The highest BCUT2D eigenvalue weighted by molar-refractivity contribution is 5.85. The number of nitrogens with zero attached hydrogens (tertiary/aromatic N) is 3. The third-order valence-corrected chi connectivity index (χ3v) is 6.42. The number of hydrogen-bond donors (Lipinski definition) is 0. The maximum Gasteiger partial charge on any atom is 0.0652 e. The Hall–Kier alpha value is -4.63. The van der Waals surface area contributed by atoms with Crippen molar-refractivity contribution in [3.63, 3.8) is 0 Å². The van der Waals surface area contributed by atoms with Crippen molar-refractivity contribution in [1.29, 1.82) is 0 Å². The maximum absolute atomic E-state index is 4.86. The van der Waals surface area contributed by atoms with Crippen molar-refractivity contribution >= 4 is 34.7 Å². The quantitative estimate of drug-likeness (QED) is 0.162. The summed E-state index contributed by atoms with van der Waals surface area (Å²) in [5.41, 5.74) is 9.17. The predicted octanol–water partition coefficient (Wildman–Crippen LogP) is 9.20. The molecule has 0 unspecified atom stereocenters. The highest BCUT2D eigenvalue weighted by atomic mass is 15.5. The van der Waals surface area contributed by atoms with Crippen LogP contribution < -0.4 is 9.91 Å². The van der Waals surface area contributed by atoms with Crippen LogP contribution in [0, 0.1) is 6.92 Å². The average molecular weight is 482 g/mol. The minimum atomic E-state index is 0.972. The van der Waals surface area contributed by atoms with E-state index in [4.69, 9.17) is 5.10 Å². The van der Waals surface area contributed by atoms with Gasteiger partial charge in [0.1, 0.15) is 0 Å². The summed E-state index contributed by atoms with van der Waals surface area (Å²) in [6.45, 7) is 4.40. The number of benzene rings is 5. The molecule has 5 aromatic rings. The molecule has 0 spiro atoms. The van der Waals surface area contributed by atoms with Crippen LogP contribution in [-0.2, 0) is 6.42 Å². The fraction of sp³-hybridized carbons (Fsp3) is 0.0882. The zero-order valence-electron chi connectivity index (χ0n) is 21.3. The lowest BCUT2D eigenvalue weighted by atomic mass is 10.0. The van der Waals surface area contributed by atoms with Crippen LogP contribution >= 0.6 is 0 Å². The van der Waals surface area contributed by atoms with Gasteiger partial charge in [0.2, 0.25) is 0 Å². The monoisotopic (exact) mass is 481 g/mol. The van der Waals surface area contributed by atoms with Gasteiger partial charge in [-0.05, 0) is 78.6 Å². The SMILES string of the molecule is CCc1cccc(C)c1N(c1ccccc1)c1ccc(C=NN(c2ccccc2)c2ccccc2)cc1. The molecular weight excluding hydrogens is 450 g/mol. The molecule has 0 fully saturated rings. The lowest BCUT2D eigenvalue weighted by Crippen LogP contribution is -2.13. The minimum Gasteiger partial charge on any atom is -0.310 e. The standard InChI is InChI=1S/C34H31N3/c1-3-29-15-13-14-27(2)34(29)36(30-16-7-4-8-17-30)31-24-22-28(23-25-31)26-35-37(32-18-9-5-10-19-32)33-20-11-6-12-21-33/h4-26H,3H2,1-2H3. The molecular formula is C34H31N3. The van der Waals surface area contributed by atoms with Gasteiger partial charge in [0.25, 0.3) is 0 Å². The van der Waals surface area contributed by atoms with E-state index in [-0.39, 0.29) is 0 Å². The van der Waals surface area contributed by atoms with E-state index in [0.717, 1.165) is 34.7 Å². The first kappa shape index (κ1) is 24.1. The smallest absolute Gasteiger partial charge is 0.0652 e. The Morgan fingerprint density at radius 2 is 1.08 bits per heavy atom. The second-order valence-electron chi connectivity index (χ2n) is 8.93. The Morgan fingerprint density at radius 3 is 1.62 bits per heavy atom. The molecule has 5 rings (SSSR count). The van der Waals surface area contributed by atoms with Gasteiger partial charge in [0.15, 0.2) is 0 Å². The van der Waals surface area contributed by atoms with Crippen LogP contribution in [0.3, 0.4) is 0 Å². The van der Waals surface area contributed by atoms with E-state index >= 15 is 0 Å². The Bertz CT molecular complexity index is 1400. The number of anilines is 5. The summed E-state index contributed by atoms with van der Waals surface area (Å²) in [5, 5.41) is 6.82. The Labute approximate surface area is 220 Å². The topological polar surface area (TPSA) is 18.8 Å². The summed E-state index contributed by atoms with van der Waals surface area (Å²) in [7, 11) is 0. The van der Waals surface area contributed by atoms with Crippen LogP contribution in [0.5, 0.6) is 0 Å². The third-order valence-electron chi connectivity index (χ3n) is 6.42. The molecule has 0 aromatic heterocycles. The van der Waals surface area contributed by atoms with Crippen LogP contribution in [0.4, 0.5) is 28.4 Å². The molecule has 0 saturated heterocycles. The van der Waals surface area contributed by atoms with Crippen molar-refractivity contribution in [3.05, 3.63) is 150 Å². The molecule has 0 aliphatic rings. The zero-order valence-corrected chi connectivity index (χ0v) is 21.3. The fourth-order valence-electron chi connectivity index (χ4n) is 4.56. The van der Waals surface area contributed by atoms with Crippen molar-refractivity contribution in [1.82, 2.24) is 0 Å². The minimum absolute atomic E-state index is 0.972. The Morgan fingerprint density at radius 1 is 0.568 bits per heavy atom. The summed E-state index contributed by atoms with van der Waals surface area (Å²) in [5.74, 6) is 0. The number of hydrazone groups is 1. The van der Waals surface area contributed by atoms with Gasteiger partial charge < -0.3 is 4.90 Å². The highest BCUT2D eigenvalue weighted by Crippen LogP contribution is 2.39. The molecule has 182 valence electrons. The van der Waals surface area contributed by atoms with Gasteiger partial charge in [-0.15, -0.1) is 0 Å². The van der Waals surface area contributed by atoms with Crippen LogP contribution in [-0.4, -0.2) is 6.21 Å². The number of aryl methyl sites for hydroxylation is 2. The van der Waals surface area contributed by atoms with Crippen molar-refractivity contribution < 1.29 is 0 Å². The zero-order chi connectivity index (χ0) is 25.5. The fourth-order valence-corrected chi connectivity index (χ4v) is 4.56. The molecule has 5 aromatic carbocycles. The van der Waals surface area contributed by atoms with E-state index in [2.05, 4.69) is 116 Å². The van der Waals surface area contributed by atoms with Gasteiger partial charge in [0, 0.05) is 11.4 Å². The first-order valence-electron chi connectivity index (χ1n) is 12.7. The third kappa shape index (κ3) is 5.46. The molecule has 37 heavy (non-hydrogen) atoms.